The molecule has 0 bridgehead atoms. The van der Waals surface area contributed by atoms with Gasteiger partial charge in [-0.3, -0.25) is 0 Å². The largest absolute Gasteiger partial charge is 0.313 e. The number of sulfone groups is 1. The van der Waals surface area contributed by atoms with Gasteiger partial charge >= 0.3 is 0 Å². The summed E-state index contributed by atoms with van der Waals surface area (Å²) in [5, 5.41) is 3.39. The van der Waals surface area contributed by atoms with Gasteiger partial charge in [-0.15, -0.1) is 0 Å². The van der Waals surface area contributed by atoms with Crippen molar-refractivity contribution in [2.75, 3.05) is 22.5 Å². The lowest BCUT2D eigenvalue weighted by Crippen LogP contribution is -2.36. The zero-order valence-corrected chi connectivity index (χ0v) is 12.8. The lowest BCUT2D eigenvalue weighted by atomic mass is 10.1. The highest BCUT2D eigenvalue weighted by Gasteiger charge is 2.11. The molecule has 0 radical (unpaired) electrons. The molecule has 0 spiro atoms. The Labute approximate surface area is 107 Å². The minimum Gasteiger partial charge on any atom is -0.313 e. The second-order valence-corrected chi connectivity index (χ2v) is 7.40. The predicted molar refractivity (Wildman–Crippen MR) is 74.5 cm³/mol. The van der Waals surface area contributed by atoms with E-state index in [1.54, 1.807) is 6.92 Å². The second kappa shape index (κ2) is 7.84. The van der Waals surface area contributed by atoms with Gasteiger partial charge in [-0.1, -0.05) is 43.4 Å². The monoisotopic (exact) mass is 347 g/mol. The number of halogens is 1. The van der Waals surface area contributed by atoms with Crippen LogP contribution in [0.1, 0.15) is 27.2 Å². The van der Waals surface area contributed by atoms with Gasteiger partial charge in [-0.05, 0) is 18.9 Å². The maximum Gasteiger partial charge on any atom is 0.150 e. The summed E-state index contributed by atoms with van der Waals surface area (Å²) in [7, 11) is -2.79. The first-order chi connectivity index (χ1) is 6.93. The van der Waals surface area contributed by atoms with E-state index in [-0.39, 0.29) is 5.75 Å². The van der Waals surface area contributed by atoms with Crippen LogP contribution in [0.15, 0.2) is 0 Å². The molecule has 1 N–H and O–H groups in total. The van der Waals surface area contributed by atoms with Crippen molar-refractivity contribution in [3.8, 4) is 0 Å². The minimum absolute atomic E-state index is 0.257. The molecular weight excluding hydrogens is 325 g/mol. The summed E-state index contributed by atoms with van der Waals surface area (Å²) in [4.78, 5) is 0. The summed E-state index contributed by atoms with van der Waals surface area (Å²) in [6, 6.07) is 0.495. The normalized spacial score (nSPS) is 14.5. The van der Waals surface area contributed by atoms with E-state index in [0.29, 0.717) is 17.7 Å². The van der Waals surface area contributed by atoms with Crippen molar-refractivity contribution in [1.29, 1.82) is 0 Å². The Morgan fingerprint density at radius 2 is 1.93 bits per heavy atom. The van der Waals surface area contributed by atoms with Crippen LogP contribution < -0.4 is 5.32 Å². The Hall–Kier alpha value is 0.640. The van der Waals surface area contributed by atoms with Gasteiger partial charge in [0.25, 0.3) is 0 Å². The van der Waals surface area contributed by atoms with Crippen molar-refractivity contribution < 1.29 is 8.42 Å². The number of rotatable bonds is 8. The van der Waals surface area contributed by atoms with Crippen molar-refractivity contribution in [3.05, 3.63) is 0 Å². The van der Waals surface area contributed by atoms with Crippen LogP contribution in [-0.4, -0.2) is 36.9 Å². The Morgan fingerprint density at radius 3 is 2.33 bits per heavy atom. The second-order valence-electron chi connectivity index (χ2n) is 4.05. The molecule has 0 aromatic rings. The summed E-state index contributed by atoms with van der Waals surface area (Å²) in [6.45, 7) is 6.85. The minimum atomic E-state index is -2.79. The lowest BCUT2D eigenvalue weighted by Gasteiger charge is -2.19. The van der Waals surface area contributed by atoms with Crippen LogP contribution in [0.25, 0.3) is 0 Å². The maximum absolute atomic E-state index is 11.2. The smallest absolute Gasteiger partial charge is 0.150 e. The molecule has 1 atom stereocenters. The van der Waals surface area contributed by atoms with Crippen molar-refractivity contribution >= 4 is 32.4 Å². The van der Waals surface area contributed by atoms with Crippen LogP contribution in [0.3, 0.4) is 0 Å². The highest BCUT2D eigenvalue weighted by atomic mass is 127. The SMILES string of the molecule is CCS(=O)(=O)CCCNC(CI)C(C)C. The van der Waals surface area contributed by atoms with E-state index in [4.69, 9.17) is 0 Å². The Bertz CT molecular complexity index is 252. The fraction of sp³-hybridized carbons (Fsp3) is 1.00. The van der Waals surface area contributed by atoms with Crippen molar-refractivity contribution in [1.82, 2.24) is 5.32 Å². The summed E-state index contributed by atoms with van der Waals surface area (Å²) >= 11 is 2.36. The fourth-order valence-corrected chi connectivity index (χ4v) is 3.39. The zero-order chi connectivity index (χ0) is 11.9. The van der Waals surface area contributed by atoms with E-state index < -0.39 is 9.84 Å². The molecule has 0 aromatic carbocycles. The Morgan fingerprint density at radius 1 is 1.33 bits per heavy atom. The molecular formula is C10H22INO2S. The molecule has 0 saturated carbocycles. The molecule has 0 aliphatic heterocycles. The molecule has 0 heterocycles. The van der Waals surface area contributed by atoms with E-state index in [1.165, 1.54) is 0 Å². The highest BCUT2D eigenvalue weighted by Crippen LogP contribution is 2.05. The van der Waals surface area contributed by atoms with Gasteiger partial charge in [0.15, 0.2) is 0 Å². The van der Waals surface area contributed by atoms with E-state index in [1.807, 2.05) is 0 Å². The molecule has 3 nitrogen and oxygen atoms in total. The lowest BCUT2D eigenvalue weighted by molar-refractivity contribution is 0.438. The summed E-state index contributed by atoms with van der Waals surface area (Å²) in [6.07, 6.45) is 0.718. The third-order valence-electron chi connectivity index (χ3n) is 2.45. The van der Waals surface area contributed by atoms with Crippen LogP contribution in [-0.2, 0) is 9.84 Å². The van der Waals surface area contributed by atoms with E-state index in [9.17, 15) is 8.42 Å². The Kier molecular flexibility index (Phi) is 8.17. The highest BCUT2D eigenvalue weighted by molar-refractivity contribution is 14.1. The fourth-order valence-electron chi connectivity index (χ4n) is 1.19. The molecule has 0 saturated heterocycles. The van der Waals surface area contributed by atoms with Crippen molar-refractivity contribution in [2.24, 2.45) is 5.92 Å². The molecule has 0 rings (SSSR count). The molecule has 0 aromatic heterocycles. The molecule has 5 heteroatoms. The predicted octanol–water partition coefficient (Wildman–Crippen LogP) is 1.86. The average molecular weight is 347 g/mol. The van der Waals surface area contributed by atoms with Gasteiger partial charge in [0.05, 0.1) is 5.75 Å². The van der Waals surface area contributed by atoms with E-state index in [2.05, 4.69) is 41.8 Å². The van der Waals surface area contributed by atoms with Gasteiger partial charge < -0.3 is 5.32 Å². The van der Waals surface area contributed by atoms with E-state index in [0.717, 1.165) is 17.4 Å². The van der Waals surface area contributed by atoms with Gasteiger partial charge in [-0.2, -0.15) is 0 Å². The first kappa shape index (κ1) is 15.6. The standard InChI is InChI=1S/C10H22INO2S/c1-4-15(13,14)7-5-6-12-10(8-11)9(2)3/h9-10,12H,4-8H2,1-3H3. The Balaban J connectivity index is 3.71. The molecule has 0 fully saturated rings. The number of nitrogens with one attached hydrogen (secondary N) is 1. The first-order valence-electron chi connectivity index (χ1n) is 5.42. The summed E-state index contributed by atoms with van der Waals surface area (Å²) in [5.74, 6) is 1.17. The first-order valence-corrected chi connectivity index (χ1v) is 8.77. The van der Waals surface area contributed by atoms with Gasteiger partial charge in [0.2, 0.25) is 0 Å². The number of alkyl halides is 1. The van der Waals surface area contributed by atoms with Crippen LogP contribution in [0.4, 0.5) is 0 Å². The number of hydrogen-bond acceptors (Lipinski definition) is 3. The van der Waals surface area contributed by atoms with Gasteiger partial charge in [-0.25, -0.2) is 8.42 Å². The van der Waals surface area contributed by atoms with Crippen molar-refractivity contribution in [3.63, 3.8) is 0 Å². The molecule has 92 valence electrons. The molecule has 0 aliphatic carbocycles. The molecule has 1 unspecified atom stereocenters. The summed E-state index contributed by atoms with van der Waals surface area (Å²) in [5.41, 5.74) is 0. The molecule has 15 heavy (non-hydrogen) atoms. The van der Waals surface area contributed by atoms with E-state index >= 15 is 0 Å². The zero-order valence-electron chi connectivity index (χ0n) is 9.79. The van der Waals surface area contributed by atoms with Crippen LogP contribution in [0, 0.1) is 5.92 Å². The summed E-state index contributed by atoms with van der Waals surface area (Å²) < 4.78 is 23.5. The molecule has 0 amide bonds. The van der Waals surface area contributed by atoms with Crippen LogP contribution in [0.2, 0.25) is 0 Å². The number of hydrogen-bond donors (Lipinski definition) is 1. The van der Waals surface area contributed by atoms with Gasteiger partial charge in [0.1, 0.15) is 9.84 Å². The van der Waals surface area contributed by atoms with Gasteiger partial charge in [0, 0.05) is 16.2 Å². The topological polar surface area (TPSA) is 46.2 Å². The third-order valence-corrected chi connectivity index (χ3v) is 5.19. The van der Waals surface area contributed by atoms with Crippen LogP contribution >= 0.6 is 22.6 Å². The van der Waals surface area contributed by atoms with Crippen molar-refractivity contribution in [2.45, 2.75) is 33.2 Å². The molecule has 0 aliphatic rings. The maximum atomic E-state index is 11.2. The van der Waals surface area contributed by atoms with Crippen LogP contribution in [0.5, 0.6) is 0 Å². The third kappa shape index (κ3) is 7.52. The average Bonchev–Trinajstić information content (AvgIpc) is 2.17. The quantitative estimate of drug-likeness (QED) is 0.414.